The van der Waals surface area contributed by atoms with Crippen molar-refractivity contribution in [2.45, 2.75) is 4.71 Å². The van der Waals surface area contributed by atoms with Crippen molar-refractivity contribution >= 4 is 20.2 Å². The van der Waals surface area contributed by atoms with E-state index in [1.165, 1.54) is 0 Å². The van der Waals surface area contributed by atoms with E-state index in [-0.39, 0.29) is 0 Å². The highest BCUT2D eigenvalue weighted by Gasteiger charge is 2.46. The fourth-order valence-electron chi connectivity index (χ4n) is 0.371. The summed E-state index contributed by atoms with van der Waals surface area (Å²) in [5, 5.41) is 9.72. The maximum absolute atomic E-state index is 9.99. The topological polar surface area (TPSA) is 152 Å². The Bertz CT molecular complexity index is 341. The van der Waals surface area contributed by atoms with E-state index >= 15 is 0 Å². The van der Waals surface area contributed by atoms with Crippen molar-refractivity contribution in [3.63, 3.8) is 0 Å². The molecule has 0 unspecified atom stereocenters. The van der Waals surface area contributed by atoms with Crippen LogP contribution in [0.3, 0.4) is 0 Å². The van der Waals surface area contributed by atoms with Gasteiger partial charge in [0.25, 0.3) is 0 Å². The van der Waals surface area contributed by atoms with E-state index in [0.717, 1.165) is 0 Å². The van der Waals surface area contributed by atoms with Crippen LogP contribution in [-0.2, 0) is 20.2 Å². The molecule has 0 spiro atoms. The highest BCUT2D eigenvalue weighted by Crippen LogP contribution is 2.06. The van der Waals surface area contributed by atoms with Gasteiger partial charge >= 0.3 is 24.9 Å². The smallest absolute Gasteiger partial charge is 0.279 e. The lowest BCUT2D eigenvalue weighted by Gasteiger charge is -2.00. The Hall–Kier alpha value is -0.780. The van der Waals surface area contributed by atoms with Gasteiger partial charge in [0.1, 0.15) is 0 Å². The van der Waals surface area contributed by atoms with Crippen molar-refractivity contribution in [2.24, 2.45) is 0 Å². The van der Waals surface area contributed by atoms with E-state index in [9.17, 15) is 26.9 Å². The maximum Gasteiger partial charge on any atom is 0.453 e. The predicted molar refractivity (Wildman–Crippen MR) is 33.9 cm³/mol. The van der Waals surface area contributed by atoms with Gasteiger partial charge in [-0.2, -0.15) is 16.8 Å². The summed E-state index contributed by atoms with van der Waals surface area (Å²) >= 11 is 0. The fourth-order valence-corrected chi connectivity index (χ4v) is 2.04. The number of rotatable bonds is 3. The molecule has 0 saturated heterocycles. The first-order chi connectivity index (χ1) is 5.07. The van der Waals surface area contributed by atoms with Gasteiger partial charge in [-0.1, -0.05) is 0 Å². The Morgan fingerprint density at radius 3 is 1.33 bits per heavy atom. The van der Waals surface area contributed by atoms with Gasteiger partial charge in [0.15, 0.2) is 0 Å². The summed E-state index contributed by atoms with van der Waals surface area (Å²) in [6, 6.07) is 0. The zero-order valence-corrected chi connectivity index (χ0v) is 6.82. The summed E-state index contributed by atoms with van der Waals surface area (Å²) in [5.41, 5.74) is 0. The molecule has 0 rings (SSSR count). The molecule has 0 aromatic heterocycles. The van der Waals surface area contributed by atoms with E-state index < -0.39 is 29.9 Å². The molecule has 0 amide bonds. The van der Waals surface area contributed by atoms with Crippen LogP contribution in [0.4, 0.5) is 0 Å². The van der Waals surface area contributed by atoms with Crippen LogP contribution in [0, 0.1) is 10.1 Å². The van der Waals surface area contributed by atoms with Gasteiger partial charge in [0.2, 0.25) is 0 Å². The molecule has 11 heteroatoms. The molecule has 0 radical (unpaired) electrons. The Morgan fingerprint density at radius 1 is 1.08 bits per heavy atom. The highest BCUT2D eigenvalue weighted by molar-refractivity contribution is 8.03. The maximum atomic E-state index is 9.99. The number of hydrogen-bond acceptors (Lipinski definition) is 6. The first-order valence-corrected chi connectivity index (χ1v) is 5.13. The van der Waals surface area contributed by atoms with E-state index in [1.54, 1.807) is 0 Å². The zero-order chi connectivity index (χ0) is 10.2. The van der Waals surface area contributed by atoms with Crippen LogP contribution in [-0.4, -0.2) is 35.6 Å². The number of hydrogen-bond donors (Lipinski definition) is 2. The van der Waals surface area contributed by atoms with Crippen molar-refractivity contribution in [1.82, 2.24) is 0 Å². The van der Waals surface area contributed by atoms with E-state index in [1.807, 2.05) is 0 Å². The standard InChI is InChI=1S/CH3NO8S2/c3-2(4)1(11(5,6)7)12(8,9)10/h1H,(H,5,6,7)(H,8,9,10). The molecule has 0 heterocycles. The summed E-state index contributed by atoms with van der Waals surface area (Å²) in [5.74, 6) is 0. The summed E-state index contributed by atoms with van der Waals surface area (Å²) in [6.45, 7) is 0. The van der Waals surface area contributed by atoms with Crippen LogP contribution in [0.2, 0.25) is 0 Å². The molecule has 2 N–H and O–H groups in total. The van der Waals surface area contributed by atoms with Crippen LogP contribution in [0.5, 0.6) is 0 Å². The Morgan fingerprint density at radius 2 is 1.33 bits per heavy atom. The molecule has 72 valence electrons. The van der Waals surface area contributed by atoms with Gasteiger partial charge in [-0.3, -0.25) is 19.2 Å². The second-order valence-corrected chi connectivity index (χ2v) is 4.87. The quantitative estimate of drug-likeness (QED) is 0.325. The molecule has 0 aliphatic rings. The van der Waals surface area contributed by atoms with Crippen molar-refractivity contribution in [3.05, 3.63) is 10.1 Å². The lowest BCUT2D eigenvalue weighted by Crippen LogP contribution is -2.36. The molecule has 12 heavy (non-hydrogen) atoms. The normalized spacial score (nSPS) is 13.2. The monoisotopic (exact) mass is 221 g/mol. The second-order valence-electron chi connectivity index (χ2n) is 1.62. The van der Waals surface area contributed by atoms with Crippen LogP contribution in [0.15, 0.2) is 0 Å². The average Bonchev–Trinajstić information content (AvgIpc) is 1.49. The lowest BCUT2D eigenvalue weighted by molar-refractivity contribution is -0.476. The number of nitro groups is 1. The third kappa shape index (κ3) is 2.69. The molecule has 0 bridgehead atoms. The largest absolute Gasteiger partial charge is 0.453 e. The summed E-state index contributed by atoms with van der Waals surface area (Å²) in [6.07, 6.45) is 0. The first kappa shape index (κ1) is 11.2. The lowest BCUT2D eigenvalue weighted by atomic mass is 11.5. The minimum atomic E-state index is -5.46. The predicted octanol–water partition coefficient (Wildman–Crippen LogP) is -1.68. The Balaban J connectivity index is 5.42. The van der Waals surface area contributed by atoms with Crippen LogP contribution in [0.25, 0.3) is 0 Å². The first-order valence-electron chi connectivity index (χ1n) is 2.13. The van der Waals surface area contributed by atoms with E-state index in [0.29, 0.717) is 0 Å². The fraction of sp³-hybridized carbons (Fsp3) is 1.00. The molecule has 9 nitrogen and oxygen atoms in total. The van der Waals surface area contributed by atoms with Gasteiger partial charge in [0, 0.05) is 0 Å². The highest BCUT2D eigenvalue weighted by atomic mass is 32.3. The summed E-state index contributed by atoms with van der Waals surface area (Å²) < 4.78 is 52.5. The third-order valence-corrected chi connectivity index (χ3v) is 3.50. The zero-order valence-electron chi connectivity index (χ0n) is 5.18. The molecule has 0 aliphatic carbocycles. The van der Waals surface area contributed by atoms with Gasteiger partial charge in [0.05, 0.1) is 4.92 Å². The molecule has 0 saturated carbocycles. The molecule has 0 aromatic carbocycles. The Labute approximate surface area is 66.6 Å². The second kappa shape index (κ2) is 2.93. The Kier molecular flexibility index (Phi) is 2.74. The molecule has 0 fully saturated rings. The third-order valence-electron chi connectivity index (χ3n) is 0.682. The molecular formula is CH3NO8S2. The van der Waals surface area contributed by atoms with Crippen LogP contribution in [0.1, 0.15) is 0 Å². The molecule has 0 aromatic rings. The van der Waals surface area contributed by atoms with E-state index in [4.69, 9.17) is 9.11 Å². The van der Waals surface area contributed by atoms with Gasteiger partial charge in [-0.15, -0.1) is 0 Å². The van der Waals surface area contributed by atoms with Crippen molar-refractivity contribution in [3.8, 4) is 0 Å². The van der Waals surface area contributed by atoms with Gasteiger partial charge in [-0.05, 0) is 0 Å². The minimum Gasteiger partial charge on any atom is -0.279 e. The van der Waals surface area contributed by atoms with E-state index in [2.05, 4.69) is 0 Å². The van der Waals surface area contributed by atoms with Crippen molar-refractivity contribution < 1.29 is 30.9 Å². The SMILES string of the molecule is O=[N+]([O-])C(S(=O)(=O)O)S(=O)(=O)O. The summed E-state index contributed by atoms with van der Waals surface area (Å²) in [7, 11) is -10.9. The minimum absolute atomic E-state index is 1.84. The van der Waals surface area contributed by atoms with Gasteiger partial charge < -0.3 is 0 Å². The van der Waals surface area contributed by atoms with Crippen LogP contribution >= 0.6 is 0 Å². The molecule has 0 atom stereocenters. The van der Waals surface area contributed by atoms with Crippen molar-refractivity contribution in [1.29, 1.82) is 0 Å². The number of nitrogens with zero attached hydrogens (tertiary/aromatic N) is 1. The van der Waals surface area contributed by atoms with Crippen LogP contribution < -0.4 is 0 Å². The van der Waals surface area contributed by atoms with Gasteiger partial charge in [-0.25, -0.2) is 0 Å². The van der Waals surface area contributed by atoms with Crippen molar-refractivity contribution in [2.75, 3.05) is 0 Å². The molecule has 0 aliphatic heterocycles. The summed E-state index contributed by atoms with van der Waals surface area (Å²) in [4.78, 5) is 7.88. The molecular weight excluding hydrogens is 218 g/mol. The average molecular weight is 221 g/mol.